The molecule has 0 aliphatic carbocycles. The Hall–Kier alpha value is -3.21. The number of anilines is 1. The van der Waals surface area contributed by atoms with Gasteiger partial charge in [0.05, 0.1) is 11.7 Å². The van der Waals surface area contributed by atoms with Crippen LogP contribution in [0.1, 0.15) is 47.3 Å². The van der Waals surface area contributed by atoms with Gasteiger partial charge in [-0.3, -0.25) is 4.79 Å². The lowest BCUT2D eigenvalue weighted by Crippen LogP contribution is -2.26. The summed E-state index contributed by atoms with van der Waals surface area (Å²) in [6, 6.07) is 17.8. The van der Waals surface area contributed by atoms with E-state index in [1.807, 2.05) is 37.3 Å². The molecule has 0 spiro atoms. The maximum absolute atomic E-state index is 12.6. The zero-order chi connectivity index (χ0) is 20.2. The number of amides is 1. The third kappa shape index (κ3) is 4.45. The highest BCUT2D eigenvalue weighted by Crippen LogP contribution is 2.24. The number of aromatic nitrogens is 2. The average Bonchev–Trinajstić information content (AvgIpc) is 3.29. The van der Waals surface area contributed by atoms with Gasteiger partial charge in [-0.25, -0.2) is 9.97 Å². The monoisotopic (exact) mass is 386 g/mol. The Morgan fingerprint density at radius 2 is 1.69 bits per heavy atom. The van der Waals surface area contributed by atoms with Crippen molar-refractivity contribution in [1.82, 2.24) is 15.3 Å². The minimum Gasteiger partial charge on any atom is -0.357 e. The van der Waals surface area contributed by atoms with Crippen LogP contribution in [0.15, 0.2) is 60.9 Å². The lowest BCUT2D eigenvalue weighted by Gasteiger charge is -2.16. The topological polar surface area (TPSA) is 58.1 Å². The number of nitrogens with one attached hydrogen (secondary N) is 1. The molecule has 5 nitrogen and oxygen atoms in total. The lowest BCUT2D eigenvalue weighted by atomic mass is 10.1. The van der Waals surface area contributed by atoms with E-state index in [0.29, 0.717) is 5.56 Å². The standard InChI is InChI=1S/C24H26N4O/c1-17-5-7-19(8-6-17)18(2)27-24(29)21-11-9-20(10-12-21)22-15-23(26-16-25-22)28-13-3-4-14-28/h5-12,15-16,18H,3-4,13-14H2,1-2H3,(H,27,29)/t18-/m0/s1. The third-order valence-electron chi connectivity index (χ3n) is 5.45. The van der Waals surface area contributed by atoms with Gasteiger partial charge in [0.15, 0.2) is 0 Å². The van der Waals surface area contributed by atoms with Crippen molar-refractivity contribution in [2.45, 2.75) is 32.7 Å². The average molecular weight is 386 g/mol. The van der Waals surface area contributed by atoms with Gasteiger partial charge in [0.25, 0.3) is 5.91 Å². The number of nitrogens with zero attached hydrogens (tertiary/aromatic N) is 3. The van der Waals surface area contributed by atoms with Crippen LogP contribution in [0, 0.1) is 6.92 Å². The van der Waals surface area contributed by atoms with Gasteiger partial charge in [0.2, 0.25) is 0 Å². The Morgan fingerprint density at radius 3 is 2.38 bits per heavy atom. The second-order valence-electron chi connectivity index (χ2n) is 7.64. The van der Waals surface area contributed by atoms with E-state index in [2.05, 4.69) is 51.4 Å². The van der Waals surface area contributed by atoms with Crippen LogP contribution in [0.5, 0.6) is 0 Å². The molecule has 1 saturated heterocycles. The molecule has 0 saturated carbocycles. The molecule has 0 unspecified atom stereocenters. The van der Waals surface area contributed by atoms with Gasteiger partial charge < -0.3 is 10.2 Å². The molecular formula is C24H26N4O. The van der Waals surface area contributed by atoms with E-state index in [4.69, 9.17) is 0 Å². The SMILES string of the molecule is Cc1ccc([C@H](C)NC(=O)c2ccc(-c3cc(N4CCCC4)ncn3)cc2)cc1. The maximum Gasteiger partial charge on any atom is 0.251 e. The van der Waals surface area contributed by atoms with E-state index < -0.39 is 0 Å². The summed E-state index contributed by atoms with van der Waals surface area (Å²) >= 11 is 0. The molecule has 1 aromatic heterocycles. The Labute approximate surface area is 171 Å². The summed E-state index contributed by atoms with van der Waals surface area (Å²) in [5, 5.41) is 3.07. The van der Waals surface area contributed by atoms with Crippen LogP contribution < -0.4 is 10.2 Å². The van der Waals surface area contributed by atoms with E-state index in [0.717, 1.165) is 35.7 Å². The van der Waals surface area contributed by atoms with Crippen molar-refractivity contribution in [3.05, 3.63) is 77.6 Å². The summed E-state index contributed by atoms with van der Waals surface area (Å²) in [7, 11) is 0. The van der Waals surface area contributed by atoms with Gasteiger partial charge in [-0.15, -0.1) is 0 Å². The largest absolute Gasteiger partial charge is 0.357 e. The van der Waals surface area contributed by atoms with Crippen molar-refractivity contribution in [1.29, 1.82) is 0 Å². The summed E-state index contributed by atoms with van der Waals surface area (Å²) in [5.74, 6) is 0.895. The Balaban J connectivity index is 1.45. The molecule has 2 heterocycles. The summed E-state index contributed by atoms with van der Waals surface area (Å²) < 4.78 is 0. The molecule has 2 aromatic carbocycles. The first kappa shape index (κ1) is 19.1. The fraction of sp³-hybridized carbons (Fsp3) is 0.292. The van der Waals surface area contributed by atoms with Crippen molar-refractivity contribution in [3.63, 3.8) is 0 Å². The van der Waals surface area contributed by atoms with Gasteiger partial charge in [0, 0.05) is 30.3 Å². The first-order valence-electron chi connectivity index (χ1n) is 10.1. The molecule has 4 rings (SSSR count). The normalized spacial score (nSPS) is 14.6. The first-order chi connectivity index (χ1) is 14.1. The quantitative estimate of drug-likeness (QED) is 0.699. The second kappa shape index (κ2) is 8.43. The minimum absolute atomic E-state index is 0.0485. The lowest BCUT2D eigenvalue weighted by molar-refractivity contribution is 0.0940. The highest BCUT2D eigenvalue weighted by molar-refractivity contribution is 5.94. The molecular weight excluding hydrogens is 360 g/mol. The van der Waals surface area contributed by atoms with E-state index in [1.54, 1.807) is 6.33 Å². The van der Waals surface area contributed by atoms with Gasteiger partial charge in [-0.1, -0.05) is 42.0 Å². The van der Waals surface area contributed by atoms with Gasteiger partial charge in [0.1, 0.15) is 12.1 Å². The number of benzene rings is 2. The van der Waals surface area contributed by atoms with E-state index >= 15 is 0 Å². The Morgan fingerprint density at radius 1 is 1.00 bits per heavy atom. The number of carbonyl (C=O) groups excluding carboxylic acids is 1. The molecule has 1 aliphatic heterocycles. The fourth-order valence-corrected chi connectivity index (χ4v) is 3.63. The van der Waals surface area contributed by atoms with Crippen LogP contribution in [0.25, 0.3) is 11.3 Å². The van der Waals surface area contributed by atoms with Crippen molar-refractivity contribution >= 4 is 11.7 Å². The molecule has 0 radical (unpaired) electrons. The third-order valence-corrected chi connectivity index (χ3v) is 5.45. The smallest absolute Gasteiger partial charge is 0.251 e. The van der Waals surface area contributed by atoms with Gasteiger partial charge in [-0.2, -0.15) is 0 Å². The maximum atomic E-state index is 12.6. The highest BCUT2D eigenvalue weighted by Gasteiger charge is 2.15. The molecule has 1 aliphatic rings. The molecule has 1 atom stereocenters. The van der Waals surface area contributed by atoms with E-state index in [1.165, 1.54) is 18.4 Å². The Bertz CT molecular complexity index is 977. The molecule has 29 heavy (non-hydrogen) atoms. The predicted octanol–water partition coefficient (Wildman–Crippen LogP) is 4.54. The van der Waals surface area contributed by atoms with Gasteiger partial charge >= 0.3 is 0 Å². The van der Waals surface area contributed by atoms with Crippen molar-refractivity contribution in [2.24, 2.45) is 0 Å². The molecule has 3 aromatic rings. The van der Waals surface area contributed by atoms with E-state index in [-0.39, 0.29) is 11.9 Å². The second-order valence-corrected chi connectivity index (χ2v) is 7.64. The van der Waals surface area contributed by atoms with Crippen LogP contribution >= 0.6 is 0 Å². The van der Waals surface area contributed by atoms with Crippen molar-refractivity contribution in [3.8, 4) is 11.3 Å². The predicted molar refractivity (Wildman–Crippen MR) is 116 cm³/mol. The van der Waals surface area contributed by atoms with Gasteiger partial charge in [-0.05, 0) is 44.4 Å². The Kier molecular flexibility index (Phi) is 5.56. The van der Waals surface area contributed by atoms with Crippen LogP contribution in [0.3, 0.4) is 0 Å². The van der Waals surface area contributed by atoms with Crippen LogP contribution in [-0.2, 0) is 0 Å². The fourth-order valence-electron chi connectivity index (χ4n) is 3.63. The molecule has 1 fully saturated rings. The number of rotatable bonds is 5. The minimum atomic E-state index is -0.0786. The summed E-state index contributed by atoms with van der Waals surface area (Å²) in [6.45, 7) is 6.15. The number of aryl methyl sites for hydroxylation is 1. The summed E-state index contributed by atoms with van der Waals surface area (Å²) in [4.78, 5) is 23.7. The number of hydrogen-bond acceptors (Lipinski definition) is 4. The molecule has 0 bridgehead atoms. The highest BCUT2D eigenvalue weighted by atomic mass is 16.1. The molecule has 5 heteroatoms. The number of carbonyl (C=O) groups is 1. The summed E-state index contributed by atoms with van der Waals surface area (Å²) in [6.07, 6.45) is 4.04. The molecule has 148 valence electrons. The molecule has 1 N–H and O–H groups in total. The molecule has 1 amide bonds. The summed E-state index contributed by atoms with van der Waals surface area (Å²) in [5.41, 5.74) is 4.80. The zero-order valence-electron chi connectivity index (χ0n) is 16.9. The van der Waals surface area contributed by atoms with Crippen LogP contribution in [0.4, 0.5) is 5.82 Å². The van der Waals surface area contributed by atoms with Crippen molar-refractivity contribution < 1.29 is 4.79 Å². The number of hydrogen-bond donors (Lipinski definition) is 1. The first-order valence-corrected chi connectivity index (χ1v) is 10.1. The van der Waals surface area contributed by atoms with Crippen molar-refractivity contribution in [2.75, 3.05) is 18.0 Å². The van der Waals surface area contributed by atoms with Crippen LogP contribution in [0.2, 0.25) is 0 Å². The van der Waals surface area contributed by atoms with E-state index in [9.17, 15) is 4.79 Å². The van der Waals surface area contributed by atoms with Crippen LogP contribution in [-0.4, -0.2) is 29.0 Å². The zero-order valence-corrected chi connectivity index (χ0v) is 16.9.